The number of aliphatic carboxylic acids is 1. The molecule has 1 heterocycles. The lowest BCUT2D eigenvalue weighted by Gasteiger charge is -2.13. The lowest BCUT2D eigenvalue weighted by atomic mass is 10.1. The van der Waals surface area contributed by atoms with Crippen molar-refractivity contribution in [1.29, 1.82) is 0 Å². The zero-order chi connectivity index (χ0) is 19.3. The summed E-state index contributed by atoms with van der Waals surface area (Å²) in [5.74, 6) is -1.09. The molecule has 1 saturated heterocycles. The minimum Gasteiger partial charge on any atom is -0.481 e. The van der Waals surface area contributed by atoms with Crippen LogP contribution >= 0.6 is 35.6 Å². The van der Waals surface area contributed by atoms with Crippen LogP contribution in [0.4, 0.5) is 5.69 Å². The van der Waals surface area contributed by atoms with Gasteiger partial charge in [0.25, 0.3) is 11.6 Å². The Hall–Kier alpha value is -1.97. The van der Waals surface area contributed by atoms with Crippen LogP contribution in [0, 0.1) is 10.1 Å². The number of nitro groups is 1. The fraction of sp³-hybridized carbons (Fsp3) is 0.312. The Labute approximate surface area is 164 Å². The Morgan fingerprint density at radius 1 is 1.38 bits per heavy atom. The molecule has 0 unspecified atom stereocenters. The van der Waals surface area contributed by atoms with Crippen LogP contribution in [0.3, 0.4) is 0 Å². The summed E-state index contributed by atoms with van der Waals surface area (Å²) >= 11 is 12.1. The second-order valence-electron chi connectivity index (χ2n) is 5.51. The molecule has 1 aromatic carbocycles. The van der Waals surface area contributed by atoms with Crippen LogP contribution in [-0.4, -0.2) is 37.7 Å². The molecule has 0 bridgehead atoms. The molecule has 0 aromatic heterocycles. The standard InChI is InChI=1S/C16H15ClN2O5S2/c17-11-6-5-10(8-12(11)19(23)24)9-13-15(22)18(16(25)26-13)7-3-1-2-4-14(20)21/h5-6,8-9H,1-4,7H2,(H,20,21)/b13-9-. The van der Waals surface area contributed by atoms with E-state index < -0.39 is 10.9 Å². The van der Waals surface area contributed by atoms with Crippen LogP contribution < -0.4 is 0 Å². The van der Waals surface area contributed by atoms with Crippen molar-refractivity contribution in [2.75, 3.05) is 6.54 Å². The highest BCUT2D eigenvalue weighted by atomic mass is 35.5. The van der Waals surface area contributed by atoms with Crippen LogP contribution in [0.1, 0.15) is 31.2 Å². The summed E-state index contributed by atoms with van der Waals surface area (Å²) < 4.78 is 0.419. The first kappa shape index (κ1) is 20.3. The largest absolute Gasteiger partial charge is 0.481 e. The first-order chi connectivity index (χ1) is 12.3. The molecular formula is C16H15ClN2O5S2. The highest BCUT2D eigenvalue weighted by Crippen LogP contribution is 2.34. The molecule has 1 N–H and O–H groups in total. The maximum atomic E-state index is 12.5. The van der Waals surface area contributed by atoms with Gasteiger partial charge in [0, 0.05) is 19.0 Å². The molecule has 1 aliphatic heterocycles. The van der Waals surface area contributed by atoms with Gasteiger partial charge in [0.15, 0.2) is 0 Å². The lowest BCUT2D eigenvalue weighted by molar-refractivity contribution is -0.384. The van der Waals surface area contributed by atoms with Gasteiger partial charge in [-0.2, -0.15) is 0 Å². The molecule has 2 rings (SSSR count). The molecule has 0 spiro atoms. The normalized spacial score (nSPS) is 15.7. The average molecular weight is 415 g/mol. The van der Waals surface area contributed by atoms with Gasteiger partial charge in [-0.3, -0.25) is 24.6 Å². The molecule has 1 aliphatic rings. The number of nitrogens with zero attached hydrogens (tertiary/aromatic N) is 2. The van der Waals surface area contributed by atoms with Gasteiger partial charge in [-0.1, -0.05) is 48.1 Å². The van der Waals surface area contributed by atoms with Crippen molar-refractivity contribution in [3.05, 3.63) is 43.8 Å². The number of unbranched alkanes of at least 4 members (excludes halogenated alkanes) is 2. The first-order valence-electron chi connectivity index (χ1n) is 7.70. The number of benzene rings is 1. The van der Waals surface area contributed by atoms with Crippen LogP contribution in [0.15, 0.2) is 23.1 Å². The highest BCUT2D eigenvalue weighted by Gasteiger charge is 2.31. The van der Waals surface area contributed by atoms with E-state index >= 15 is 0 Å². The van der Waals surface area contributed by atoms with Gasteiger partial charge in [0.2, 0.25) is 0 Å². The van der Waals surface area contributed by atoms with Gasteiger partial charge in [0.1, 0.15) is 9.34 Å². The number of nitro benzene ring substituents is 1. The van der Waals surface area contributed by atoms with Crippen molar-refractivity contribution in [1.82, 2.24) is 4.90 Å². The van der Waals surface area contributed by atoms with Gasteiger partial charge < -0.3 is 5.11 Å². The summed E-state index contributed by atoms with van der Waals surface area (Å²) in [6.07, 6.45) is 3.54. The van der Waals surface area contributed by atoms with Crippen molar-refractivity contribution >= 4 is 63.5 Å². The summed E-state index contributed by atoms with van der Waals surface area (Å²) in [6.45, 7) is 0.419. The number of carbonyl (C=O) groups is 2. The quantitative estimate of drug-likeness (QED) is 0.225. The molecule has 0 atom stereocenters. The molecule has 1 fully saturated rings. The van der Waals surface area contributed by atoms with Gasteiger partial charge in [0.05, 0.1) is 9.83 Å². The number of amides is 1. The summed E-state index contributed by atoms with van der Waals surface area (Å²) in [5, 5.41) is 19.6. The molecular weight excluding hydrogens is 400 g/mol. The molecule has 26 heavy (non-hydrogen) atoms. The fourth-order valence-electron chi connectivity index (χ4n) is 2.33. The number of carboxylic acid groups (broad SMARTS) is 1. The smallest absolute Gasteiger partial charge is 0.303 e. The number of halogens is 1. The van der Waals surface area contributed by atoms with E-state index in [4.69, 9.17) is 28.9 Å². The molecule has 7 nitrogen and oxygen atoms in total. The molecule has 0 aliphatic carbocycles. The van der Waals surface area contributed by atoms with E-state index in [-0.39, 0.29) is 23.0 Å². The predicted octanol–water partition coefficient (Wildman–Crippen LogP) is 4.09. The van der Waals surface area contributed by atoms with Crippen molar-refractivity contribution in [3.8, 4) is 0 Å². The Morgan fingerprint density at radius 2 is 2.12 bits per heavy atom. The summed E-state index contributed by atoms with van der Waals surface area (Å²) in [5.41, 5.74) is 0.261. The molecule has 0 radical (unpaired) electrons. The zero-order valence-corrected chi connectivity index (χ0v) is 15.9. The third-order valence-corrected chi connectivity index (χ3v) is 5.31. The van der Waals surface area contributed by atoms with E-state index in [1.54, 1.807) is 12.1 Å². The predicted molar refractivity (Wildman–Crippen MR) is 104 cm³/mol. The Kier molecular flexibility index (Phi) is 7.13. The van der Waals surface area contributed by atoms with Crippen molar-refractivity contribution < 1.29 is 19.6 Å². The highest BCUT2D eigenvalue weighted by molar-refractivity contribution is 8.26. The number of thioether (sulfide) groups is 1. The van der Waals surface area contributed by atoms with Crippen LogP contribution in [0.2, 0.25) is 5.02 Å². The average Bonchev–Trinajstić information content (AvgIpc) is 2.83. The lowest BCUT2D eigenvalue weighted by Crippen LogP contribution is -2.29. The monoisotopic (exact) mass is 414 g/mol. The fourth-order valence-corrected chi connectivity index (χ4v) is 3.82. The summed E-state index contributed by atoms with van der Waals surface area (Å²) in [6, 6.07) is 4.31. The van der Waals surface area contributed by atoms with Crippen LogP contribution in [-0.2, 0) is 9.59 Å². The van der Waals surface area contributed by atoms with Gasteiger partial charge in [-0.05, 0) is 30.5 Å². The summed E-state index contributed by atoms with van der Waals surface area (Å²) in [4.78, 5) is 35.2. The molecule has 1 amide bonds. The summed E-state index contributed by atoms with van der Waals surface area (Å²) in [7, 11) is 0. The number of hydrogen-bond donors (Lipinski definition) is 1. The Balaban J connectivity index is 2.03. The maximum Gasteiger partial charge on any atom is 0.303 e. The number of thiocarbonyl (C=S) groups is 1. The number of rotatable bonds is 8. The van der Waals surface area contributed by atoms with Crippen LogP contribution in [0.25, 0.3) is 6.08 Å². The Bertz CT molecular complexity index is 797. The van der Waals surface area contributed by atoms with Crippen molar-refractivity contribution in [2.24, 2.45) is 0 Å². The minimum absolute atomic E-state index is 0.0288. The molecule has 0 saturated carbocycles. The van der Waals surface area contributed by atoms with Gasteiger partial charge >= 0.3 is 5.97 Å². The Morgan fingerprint density at radius 3 is 2.77 bits per heavy atom. The number of carboxylic acids is 1. The van der Waals surface area contributed by atoms with E-state index in [0.717, 1.165) is 11.8 Å². The van der Waals surface area contributed by atoms with E-state index in [9.17, 15) is 19.7 Å². The third kappa shape index (κ3) is 5.26. The number of carbonyl (C=O) groups excluding carboxylic acids is 1. The topological polar surface area (TPSA) is 101 Å². The zero-order valence-electron chi connectivity index (χ0n) is 13.5. The second-order valence-corrected chi connectivity index (χ2v) is 7.59. The third-order valence-electron chi connectivity index (χ3n) is 3.61. The minimum atomic E-state index is -0.837. The first-order valence-corrected chi connectivity index (χ1v) is 9.31. The number of hydrogen-bond acceptors (Lipinski definition) is 6. The van der Waals surface area contributed by atoms with E-state index in [1.165, 1.54) is 17.0 Å². The van der Waals surface area contributed by atoms with Crippen LogP contribution in [0.5, 0.6) is 0 Å². The van der Waals surface area contributed by atoms with E-state index in [2.05, 4.69) is 0 Å². The van der Waals surface area contributed by atoms with E-state index in [1.807, 2.05) is 0 Å². The maximum absolute atomic E-state index is 12.5. The molecule has 1 aromatic rings. The second kappa shape index (κ2) is 9.11. The van der Waals surface area contributed by atoms with Crippen molar-refractivity contribution in [3.63, 3.8) is 0 Å². The molecule has 138 valence electrons. The van der Waals surface area contributed by atoms with Gasteiger partial charge in [-0.25, -0.2) is 0 Å². The molecule has 10 heteroatoms. The van der Waals surface area contributed by atoms with Crippen molar-refractivity contribution in [2.45, 2.75) is 25.7 Å². The van der Waals surface area contributed by atoms with Gasteiger partial charge in [-0.15, -0.1) is 0 Å². The van der Waals surface area contributed by atoms with E-state index in [0.29, 0.717) is 40.6 Å². The SMILES string of the molecule is O=C(O)CCCCCN1C(=O)/C(=C/c2ccc(Cl)c([N+](=O)[O-])c2)SC1=S.